The molecule has 3 N–H and O–H groups in total. The van der Waals surface area contributed by atoms with Crippen molar-refractivity contribution in [2.45, 2.75) is 69.8 Å². The van der Waals surface area contributed by atoms with Gasteiger partial charge >= 0.3 is 6.18 Å². The predicted molar refractivity (Wildman–Crippen MR) is 160 cm³/mol. The van der Waals surface area contributed by atoms with Crippen LogP contribution >= 0.6 is 24.8 Å². The van der Waals surface area contributed by atoms with Crippen LogP contribution in [-0.2, 0) is 0 Å². The number of pyridine rings is 2. The number of halogens is 5. The fourth-order valence-corrected chi connectivity index (χ4v) is 5.63. The number of nitrogens with one attached hydrogen (secondary N) is 1. The van der Waals surface area contributed by atoms with E-state index in [-0.39, 0.29) is 61.3 Å². The molecule has 42 heavy (non-hydrogen) atoms. The third kappa shape index (κ3) is 6.20. The molecular formula is C29H34Cl2F3N7O. The van der Waals surface area contributed by atoms with Crippen molar-refractivity contribution >= 4 is 47.3 Å². The average molecular weight is 625 g/mol. The number of carbonyl (C=O) groups is 1. The summed E-state index contributed by atoms with van der Waals surface area (Å²) in [6.07, 6.45) is -0.565. The Morgan fingerprint density at radius 1 is 1.02 bits per heavy atom. The van der Waals surface area contributed by atoms with Gasteiger partial charge in [0.1, 0.15) is 11.7 Å². The Hall–Kier alpha value is -2.99. The number of fused-ring (bicyclic) bond motifs is 2. The molecule has 3 aromatic heterocycles. The number of nitrogens with two attached hydrogens (primary N) is 1. The number of rotatable bonds is 5. The van der Waals surface area contributed by atoms with Gasteiger partial charge in [-0.25, -0.2) is 4.98 Å². The Balaban J connectivity index is 0.00000202. The van der Waals surface area contributed by atoms with Gasteiger partial charge in [0.05, 0.1) is 5.52 Å². The zero-order valence-electron chi connectivity index (χ0n) is 23.5. The Morgan fingerprint density at radius 2 is 1.74 bits per heavy atom. The second-order valence-corrected chi connectivity index (χ2v) is 12.0. The van der Waals surface area contributed by atoms with E-state index in [1.807, 2.05) is 39.0 Å². The van der Waals surface area contributed by atoms with Crippen molar-refractivity contribution in [2.75, 3.05) is 13.1 Å². The minimum absolute atomic E-state index is 0. The van der Waals surface area contributed by atoms with Crippen LogP contribution in [0.25, 0.3) is 28.1 Å². The Labute approximate surface area is 254 Å². The Kier molecular flexibility index (Phi) is 8.82. The first-order valence-electron chi connectivity index (χ1n) is 13.6. The highest BCUT2D eigenvalue weighted by Gasteiger charge is 2.46. The third-order valence-electron chi connectivity index (χ3n) is 7.52. The number of benzene rings is 1. The molecule has 1 aliphatic heterocycles. The van der Waals surface area contributed by atoms with E-state index in [1.54, 1.807) is 16.5 Å². The van der Waals surface area contributed by atoms with E-state index < -0.39 is 17.8 Å². The highest BCUT2D eigenvalue weighted by Crippen LogP contribution is 2.45. The van der Waals surface area contributed by atoms with Gasteiger partial charge in [-0.2, -0.15) is 13.2 Å². The molecule has 0 bridgehead atoms. The molecule has 6 rings (SSSR count). The molecule has 4 aromatic rings. The first-order chi connectivity index (χ1) is 18.9. The van der Waals surface area contributed by atoms with E-state index in [1.165, 1.54) is 17.2 Å². The van der Waals surface area contributed by atoms with E-state index in [0.29, 0.717) is 34.7 Å². The Morgan fingerprint density at radius 3 is 2.36 bits per heavy atom. The largest absolute Gasteiger partial charge is 0.408 e. The lowest BCUT2D eigenvalue weighted by Crippen LogP contribution is -2.41. The van der Waals surface area contributed by atoms with Crippen LogP contribution in [0, 0.1) is 0 Å². The lowest BCUT2D eigenvalue weighted by molar-refractivity contribution is -0.183. The van der Waals surface area contributed by atoms with E-state index in [4.69, 9.17) is 10.7 Å². The summed E-state index contributed by atoms with van der Waals surface area (Å²) in [5.41, 5.74) is 8.72. The van der Waals surface area contributed by atoms with Gasteiger partial charge in [-0.3, -0.25) is 14.1 Å². The van der Waals surface area contributed by atoms with Crippen LogP contribution in [0.2, 0.25) is 0 Å². The monoisotopic (exact) mass is 623 g/mol. The molecule has 0 radical (unpaired) electrons. The molecule has 2 fully saturated rings. The number of nitrogens with zero attached hydrogens (tertiary/aromatic N) is 5. The molecule has 1 saturated carbocycles. The molecule has 0 unspecified atom stereocenters. The van der Waals surface area contributed by atoms with Gasteiger partial charge in [0, 0.05) is 41.8 Å². The van der Waals surface area contributed by atoms with Crippen molar-refractivity contribution in [1.29, 1.82) is 0 Å². The molecule has 13 heteroatoms. The van der Waals surface area contributed by atoms with Crippen molar-refractivity contribution in [1.82, 2.24) is 29.8 Å². The summed E-state index contributed by atoms with van der Waals surface area (Å²) in [5, 5.41) is 12.4. The minimum atomic E-state index is -4.48. The van der Waals surface area contributed by atoms with Crippen LogP contribution in [0.3, 0.4) is 0 Å². The minimum Gasteiger partial charge on any atom is -0.347 e. The highest BCUT2D eigenvalue weighted by atomic mass is 35.5. The van der Waals surface area contributed by atoms with Crippen LogP contribution in [0.4, 0.5) is 13.2 Å². The zero-order valence-corrected chi connectivity index (χ0v) is 25.1. The van der Waals surface area contributed by atoms with Gasteiger partial charge in [0.2, 0.25) is 0 Å². The number of hydrogen-bond donors (Lipinski definition) is 2. The normalized spacial score (nSPS) is 18.5. The number of carbonyl (C=O) groups excluding carboxylic acids is 1. The molecule has 4 heterocycles. The second-order valence-electron chi connectivity index (χ2n) is 12.0. The zero-order chi connectivity index (χ0) is 28.4. The van der Waals surface area contributed by atoms with Gasteiger partial charge in [0.15, 0.2) is 11.5 Å². The molecule has 1 amide bonds. The summed E-state index contributed by atoms with van der Waals surface area (Å²) in [5.74, 6) is 0.415. The fraction of sp³-hybridized carbons (Fsp3) is 0.448. The van der Waals surface area contributed by atoms with Gasteiger partial charge in [0.25, 0.3) is 5.91 Å². The smallest absolute Gasteiger partial charge is 0.347 e. The summed E-state index contributed by atoms with van der Waals surface area (Å²) < 4.78 is 44.4. The summed E-state index contributed by atoms with van der Waals surface area (Å²) >= 11 is 0. The SMILES string of the molecule is CC(C)(C)NC(=O)c1ccc2ccc(-c3nnc4ccc([C@@H](N5CC[C@H](N)C5)C(F)(F)F)cn34)nc2c1C1CC1.Cl.Cl. The number of aromatic nitrogens is 4. The number of likely N-dealkylation sites (tertiary alicyclic amines) is 1. The quantitative estimate of drug-likeness (QED) is 0.290. The molecule has 1 aliphatic carbocycles. The highest BCUT2D eigenvalue weighted by molar-refractivity contribution is 6.01. The van der Waals surface area contributed by atoms with Crippen LogP contribution in [0.1, 0.15) is 73.5 Å². The average Bonchev–Trinajstić information content (AvgIpc) is 3.49. The Bertz CT molecular complexity index is 1610. The van der Waals surface area contributed by atoms with Gasteiger partial charge in [-0.1, -0.05) is 18.2 Å². The predicted octanol–water partition coefficient (Wildman–Crippen LogP) is 5.83. The maximum absolute atomic E-state index is 14.3. The molecule has 226 valence electrons. The van der Waals surface area contributed by atoms with E-state index in [0.717, 1.165) is 23.8 Å². The first-order valence-corrected chi connectivity index (χ1v) is 13.6. The molecule has 2 atom stereocenters. The number of amides is 1. The van der Waals surface area contributed by atoms with Crippen molar-refractivity contribution in [3.8, 4) is 11.5 Å². The van der Waals surface area contributed by atoms with E-state index in [2.05, 4.69) is 15.5 Å². The van der Waals surface area contributed by atoms with Crippen LogP contribution in [-0.4, -0.2) is 61.2 Å². The molecule has 1 saturated heterocycles. The maximum Gasteiger partial charge on any atom is 0.408 e. The first kappa shape index (κ1) is 31.9. The van der Waals surface area contributed by atoms with Gasteiger partial charge in [-0.05, 0) is 75.3 Å². The summed E-state index contributed by atoms with van der Waals surface area (Å²) in [7, 11) is 0. The van der Waals surface area contributed by atoms with Crippen molar-refractivity contribution in [3.63, 3.8) is 0 Å². The van der Waals surface area contributed by atoms with Crippen LogP contribution in [0.5, 0.6) is 0 Å². The molecule has 2 aliphatic rings. The summed E-state index contributed by atoms with van der Waals surface area (Å²) in [6, 6.07) is 8.36. The molecule has 1 aromatic carbocycles. The number of alkyl halides is 3. The topological polar surface area (TPSA) is 101 Å². The van der Waals surface area contributed by atoms with E-state index >= 15 is 0 Å². The lowest BCUT2D eigenvalue weighted by Gasteiger charge is -2.30. The van der Waals surface area contributed by atoms with Crippen molar-refractivity contribution < 1.29 is 18.0 Å². The van der Waals surface area contributed by atoms with Gasteiger partial charge < -0.3 is 11.1 Å². The molecule has 0 spiro atoms. The summed E-state index contributed by atoms with van der Waals surface area (Å²) in [4.78, 5) is 19.5. The summed E-state index contributed by atoms with van der Waals surface area (Å²) in [6.45, 7) is 6.26. The van der Waals surface area contributed by atoms with E-state index in [9.17, 15) is 18.0 Å². The molecular weight excluding hydrogens is 590 g/mol. The van der Waals surface area contributed by atoms with Crippen molar-refractivity contribution in [2.24, 2.45) is 5.73 Å². The van der Waals surface area contributed by atoms with Crippen LogP contribution in [0.15, 0.2) is 42.6 Å². The lowest BCUT2D eigenvalue weighted by atomic mass is 9.97. The van der Waals surface area contributed by atoms with Crippen LogP contribution < -0.4 is 11.1 Å². The maximum atomic E-state index is 14.3. The molecule has 8 nitrogen and oxygen atoms in total. The third-order valence-corrected chi connectivity index (χ3v) is 7.52. The fourth-order valence-electron chi connectivity index (χ4n) is 5.63. The number of hydrogen-bond acceptors (Lipinski definition) is 6. The van der Waals surface area contributed by atoms with Gasteiger partial charge in [-0.15, -0.1) is 35.0 Å². The van der Waals surface area contributed by atoms with Crippen molar-refractivity contribution in [3.05, 3.63) is 59.3 Å². The second kappa shape index (κ2) is 11.6. The standard InChI is InChI=1S/C29H32F3N7O.2ClH/c1-28(2,3)35-27(40)20-9-6-17-7-10-21(34-24(17)23(20)16-4-5-16)26-37-36-22-11-8-18(14-39(22)26)25(29(30,31)32)38-13-12-19(33)15-38;;/h6-11,14,16,19,25H,4-5,12-13,15,33H2,1-3H3,(H,35,40);2*1H/t19-,25+;;/m0../s1.